The molecule has 4 nitrogen and oxygen atoms in total. The molecule has 16 heavy (non-hydrogen) atoms. The van der Waals surface area contributed by atoms with Gasteiger partial charge in [-0.3, -0.25) is 9.29 Å². The van der Waals surface area contributed by atoms with Crippen LogP contribution in [0, 0.1) is 5.92 Å². The molecular formula is C11H18FN3O. The second-order valence-corrected chi connectivity index (χ2v) is 4.75. The predicted molar refractivity (Wildman–Crippen MR) is 57.7 cm³/mol. The first kappa shape index (κ1) is 11.5. The molecule has 1 aliphatic heterocycles. The Morgan fingerprint density at radius 1 is 1.56 bits per heavy atom. The van der Waals surface area contributed by atoms with Crippen LogP contribution in [-0.4, -0.2) is 34.8 Å². The van der Waals surface area contributed by atoms with E-state index < -0.39 is 0 Å². The van der Waals surface area contributed by atoms with Gasteiger partial charge in [-0.2, -0.15) is 4.98 Å². The van der Waals surface area contributed by atoms with Gasteiger partial charge in [0.2, 0.25) is 5.89 Å². The van der Waals surface area contributed by atoms with Gasteiger partial charge in [-0.1, -0.05) is 19.0 Å². The Labute approximate surface area is 94.8 Å². The summed E-state index contributed by atoms with van der Waals surface area (Å²) in [6.45, 7) is 6.21. The third-order valence-corrected chi connectivity index (χ3v) is 2.95. The van der Waals surface area contributed by atoms with Gasteiger partial charge in [0.15, 0.2) is 5.82 Å². The van der Waals surface area contributed by atoms with Gasteiger partial charge in [0.05, 0.1) is 13.2 Å². The summed E-state index contributed by atoms with van der Waals surface area (Å²) in [5, 5.41) is 3.91. The lowest BCUT2D eigenvalue weighted by Gasteiger charge is -2.11. The number of halogens is 1. The molecule has 0 bridgehead atoms. The molecule has 90 valence electrons. The van der Waals surface area contributed by atoms with Gasteiger partial charge in [0.25, 0.3) is 0 Å². The minimum absolute atomic E-state index is 0.187. The fourth-order valence-electron chi connectivity index (χ4n) is 1.94. The lowest BCUT2D eigenvalue weighted by atomic mass is 10.1. The summed E-state index contributed by atoms with van der Waals surface area (Å²) in [4.78, 5) is 6.48. The largest absolute Gasteiger partial charge is 0.338 e. The van der Waals surface area contributed by atoms with Crippen molar-refractivity contribution in [3.63, 3.8) is 0 Å². The summed E-state index contributed by atoms with van der Waals surface area (Å²) in [5.74, 6) is 1.86. The van der Waals surface area contributed by atoms with Gasteiger partial charge in [0, 0.05) is 18.4 Å². The molecule has 0 saturated carbocycles. The van der Waals surface area contributed by atoms with Gasteiger partial charge in [-0.15, -0.1) is 0 Å². The van der Waals surface area contributed by atoms with Crippen molar-refractivity contribution >= 4 is 0 Å². The molecule has 0 aliphatic carbocycles. The lowest BCUT2D eigenvalue weighted by molar-refractivity contribution is 0.252. The van der Waals surface area contributed by atoms with Crippen molar-refractivity contribution in [2.75, 3.05) is 19.8 Å². The Hall–Kier alpha value is -0.970. The molecule has 1 saturated heterocycles. The van der Waals surface area contributed by atoms with Crippen LogP contribution in [0.15, 0.2) is 4.52 Å². The number of rotatable bonds is 4. The number of likely N-dealkylation sites (tertiary alicyclic amines) is 1. The zero-order valence-corrected chi connectivity index (χ0v) is 9.82. The van der Waals surface area contributed by atoms with Crippen molar-refractivity contribution in [2.45, 2.75) is 32.7 Å². The van der Waals surface area contributed by atoms with E-state index >= 15 is 0 Å². The average molecular weight is 227 g/mol. The highest BCUT2D eigenvalue weighted by atomic mass is 19.1. The summed E-state index contributed by atoms with van der Waals surface area (Å²) >= 11 is 0. The molecule has 1 unspecified atom stereocenters. The van der Waals surface area contributed by atoms with Crippen LogP contribution in [0.5, 0.6) is 0 Å². The SMILES string of the molecule is CC(C)c1noc(CN2CCC(CF)C2)n1. The Bertz CT molecular complexity index is 340. The molecule has 0 amide bonds. The molecule has 0 aromatic carbocycles. The number of aromatic nitrogens is 2. The summed E-state index contributed by atoms with van der Waals surface area (Å²) in [6, 6.07) is 0. The maximum Gasteiger partial charge on any atom is 0.240 e. The van der Waals surface area contributed by atoms with E-state index in [0.717, 1.165) is 25.3 Å². The minimum atomic E-state index is -0.225. The lowest BCUT2D eigenvalue weighted by Crippen LogP contribution is -2.20. The standard InChI is InChI=1S/C11H18FN3O/c1-8(2)11-13-10(16-14-11)7-15-4-3-9(5-12)6-15/h8-9H,3-7H2,1-2H3. The highest BCUT2D eigenvalue weighted by molar-refractivity contribution is 4.92. The van der Waals surface area contributed by atoms with Gasteiger partial charge < -0.3 is 4.52 Å². The summed E-state index contributed by atoms with van der Waals surface area (Å²) in [6.07, 6.45) is 0.932. The monoisotopic (exact) mass is 227 g/mol. The van der Waals surface area contributed by atoms with Crippen molar-refractivity contribution in [1.29, 1.82) is 0 Å². The molecule has 2 rings (SSSR count). The first-order chi connectivity index (χ1) is 7.69. The van der Waals surface area contributed by atoms with E-state index in [0.29, 0.717) is 12.4 Å². The van der Waals surface area contributed by atoms with Crippen LogP contribution in [0.1, 0.15) is 37.9 Å². The molecule has 0 N–H and O–H groups in total. The van der Waals surface area contributed by atoms with Crippen LogP contribution < -0.4 is 0 Å². The quantitative estimate of drug-likeness (QED) is 0.788. The maximum atomic E-state index is 12.4. The van der Waals surface area contributed by atoms with Crippen LogP contribution in [0.2, 0.25) is 0 Å². The molecule has 1 aliphatic rings. The number of hydrogen-bond acceptors (Lipinski definition) is 4. The van der Waals surface area contributed by atoms with E-state index in [1.54, 1.807) is 0 Å². The molecule has 1 aromatic rings. The summed E-state index contributed by atoms with van der Waals surface area (Å²) in [5.41, 5.74) is 0. The molecule has 5 heteroatoms. The third kappa shape index (κ3) is 2.58. The van der Waals surface area contributed by atoms with Crippen LogP contribution in [0.4, 0.5) is 4.39 Å². The van der Waals surface area contributed by atoms with Crippen LogP contribution in [0.25, 0.3) is 0 Å². The van der Waals surface area contributed by atoms with E-state index in [1.807, 2.05) is 13.8 Å². The van der Waals surface area contributed by atoms with E-state index in [4.69, 9.17) is 4.52 Å². The third-order valence-electron chi connectivity index (χ3n) is 2.95. The normalized spacial score (nSPS) is 22.1. The second kappa shape index (κ2) is 4.91. The Balaban J connectivity index is 1.89. The van der Waals surface area contributed by atoms with Gasteiger partial charge in [-0.05, 0) is 13.0 Å². The van der Waals surface area contributed by atoms with E-state index in [2.05, 4.69) is 15.0 Å². The highest BCUT2D eigenvalue weighted by Gasteiger charge is 2.24. The van der Waals surface area contributed by atoms with Crippen LogP contribution in [-0.2, 0) is 6.54 Å². The zero-order valence-electron chi connectivity index (χ0n) is 9.82. The Morgan fingerprint density at radius 3 is 2.94 bits per heavy atom. The van der Waals surface area contributed by atoms with Gasteiger partial charge in [-0.25, -0.2) is 0 Å². The van der Waals surface area contributed by atoms with Crippen molar-refractivity contribution in [1.82, 2.24) is 15.0 Å². The molecule has 0 radical (unpaired) electrons. The van der Waals surface area contributed by atoms with E-state index in [9.17, 15) is 4.39 Å². The average Bonchev–Trinajstić information content (AvgIpc) is 2.87. The predicted octanol–water partition coefficient (Wildman–Crippen LogP) is 1.98. The van der Waals surface area contributed by atoms with Crippen molar-refractivity contribution in [3.8, 4) is 0 Å². The zero-order chi connectivity index (χ0) is 11.5. The van der Waals surface area contributed by atoms with Gasteiger partial charge >= 0.3 is 0 Å². The van der Waals surface area contributed by atoms with Gasteiger partial charge in [0.1, 0.15) is 0 Å². The molecule has 0 spiro atoms. The molecule has 1 aromatic heterocycles. The fraction of sp³-hybridized carbons (Fsp3) is 0.818. The first-order valence-corrected chi connectivity index (χ1v) is 5.80. The number of alkyl halides is 1. The van der Waals surface area contributed by atoms with Crippen LogP contribution in [0.3, 0.4) is 0 Å². The van der Waals surface area contributed by atoms with Crippen molar-refractivity contribution in [2.24, 2.45) is 5.92 Å². The second-order valence-electron chi connectivity index (χ2n) is 4.75. The Kier molecular flexibility index (Phi) is 3.53. The van der Waals surface area contributed by atoms with Crippen LogP contribution >= 0.6 is 0 Å². The minimum Gasteiger partial charge on any atom is -0.338 e. The van der Waals surface area contributed by atoms with E-state index in [1.165, 1.54) is 0 Å². The number of nitrogens with zero attached hydrogens (tertiary/aromatic N) is 3. The summed E-state index contributed by atoms with van der Waals surface area (Å²) in [7, 11) is 0. The topological polar surface area (TPSA) is 42.2 Å². The Morgan fingerprint density at radius 2 is 2.38 bits per heavy atom. The van der Waals surface area contributed by atoms with E-state index in [-0.39, 0.29) is 18.5 Å². The molecule has 1 atom stereocenters. The smallest absolute Gasteiger partial charge is 0.240 e. The first-order valence-electron chi connectivity index (χ1n) is 5.80. The number of hydrogen-bond donors (Lipinski definition) is 0. The molecular weight excluding hydrogens is 209 g/mol. The molecule has 2 heterocycles. The maximum absolute atomic E-state index is 12.4. The van der Waals surface area contributed by atoms with Crippen molar-refractivity contribution in [3.05, 3.63) is 11.7 Å². The summed E-state index contributed by atoms with van der Waals surface area (Å²) < 4.78 is 17.6. The van der Waals surface area contributed by atoms with Crippen molar-refractivity contribution < 1.29 is 8.91 Å². The molecule has 1 fully saturated rings. The highest BCUT2D eigenvalue weighted by Crippen LogP contribution is 2.19. The fourth-order valence-corrected chi connectivity index (χ4v) is 1.94.